The van der Waals surface area contributed by atoms with E-state index in [4.69, 9.17) is 15.9 Å². The summed E-state index contributed by atoms with van der Waals surface area (Å²) in [5.41, 5.74) is -1.19. The third-order valence-corrected chi connectivity index (χ3v) is 7.28. The molecule has 7 nitrogen and oxygen atoms in total. The maximum absolute atomic E-state index is 12.6. The number of terminal acetylenes is 1. The smallest absolute Gasteiger partial charge is 0.362 e. The van der Waals surface area contributed by atoms with Gasteiger partial charge in [-0.25, -0.2) is 9.59 Å². The number of carbonyl (C=O) groups is 3. The second-order valence-electron chi connectivity index (χ2n) is 14.5. The Morgan fingerprint density at radius 2 is 1.00 bits per heavy atom. The number of unbranched alkanes of at least 4 members (excludes halogenated alkanes) is 15. The van der Waals surface area contributed by atoms with Crippen LogP contribution in [0.15, 0.2) is 0 Å². The Morgan fingerprint density at radius 1 is 0.628 bits per heavy atom. The van der Waals surface area contributed by atoms with Gasteiger partial charge < -0.3 is 19.3 Å². The van der Waals surface area contributed by atoms with Gasteiger partial charge in [0.15, 0.2) is 13.1 Å². The van der Waals surface area contributed by atoms with Crippen molar-refractivity contribution in [3.63, 3.8) is 0 Å². The number of ether oxygens (including phenoxy) is 2. The first-order chi connectivity index (χ1) is 20.2. The fourth-order valence-corrected chi connectivity index (χ4v) is 5.17. The van der Waals surface area contributed by atoms with Gasteiger partial charge in [-0.3, -0.25) is 4.79 Å². The molecule has 0 aromatic rings. The van der Waals surface area contributed by atoms with Crippen molar-refractivity contribution in [3.8, 4) is 12.3 Å². The molecule has 0 radical (unpaired) electrons. The number of quaternary nitrogens is 1. The van der Waals surface area contributed by atoms with Gasteiger partial charge in [0.1, 0.15) is 11.2 Å². The Balaban J connectivity index is 4.02. The first kappa shape index (κ1) is 40.9. The van der Waals surface area contributed by atoms with Crippen molar-refractivity contribution in [3.05, 3.63) is 0 Å². The minimum absolute atomic E-state index is 0.0686. The Bertz CT molecular complexity index is 774. The normalized spacial score (nSPS) is 12.0. The van der Waals surface area contributed by atoms with Gasteiger partial charge in [-0.05, 0) is 54.4 Å². The number of carbonyl (C=O) groups excluding carboxylic acids is 3. The molecule has 0 aliphatic carbocycles. The molecule has 0 heterocycles. The van der Waals surface area contributed by atoms with Crippen LogP contribution >= 0.6 is 0 Å². The molecule has 0 unspecified atom stereocenters. The molecule has 43 heavy (non-hydrogen) atoms. The molecule has 0 fully saturated rings. The molecule has 0 saturated heterocycles. The van der Waals surface area contributed by atoms with Crippen LogP contribution in [0, 0.1) is 12.3 Å². The molecular weight excluding hydrogens is 540 g/mol. The summed E-state index contributed by atoms with van der Waals surface area (Å²) in [6.07, 6.45) is 26.4. The number of nitrogens with zero attached hydrogens (tertiary/aromatic N) is 1. The second kappa shape index (κ2) is 23.3. The lowest BCUT2D eigenvalue weighted by Gasteiger charge is -2.34. The van der Waals surface area contributed by atoms with E-state index in [2.05, 4.69) is 11.2 Å². The number of hydrogen-bond donors (Lipinski definition) is 1. The van der Waals surface area contributed by atoms with Crippen molar-refractivity contribution >= 4 is 17.8 Å². The van der Waals surface area contributed by atoms with E-state index in [0.29, 0.717) is 25.9 Å². The summed E-state index contributed by atoms with van der Waals surface area (Å²) in [6.45, 7) is 12.2. The third-order valence-electron chi connectivity index (χ3n) is 7.28. The van der Waals surface area contributed by atoms with Crippen LogP contribution < -0.4 is 5.32 Å². The van der Waals surface area contributed by atoms with Gasteiger partial charge in [-0.15, -0.1) is 12.3 Å². The van der Waals surface area contributed by atoms with Gasteiger partial charge in [-0.1, -0.05) is 83.5 Å². The van der Waals surface area contributed by atoms with E-state index in [0.717, 1.165) is 19.3 Å². The van der Waals surface area contributed by atoms with Crippen molar-refractivity contribution in [2.75, 3.05) is 33.2 Å². The quantitative estimate of drug-likeness (QED) is 0.0494. The molecule has 0 bridgehead atoms. The van der Waals surface area contributed by atoms with Crippen LogP contribution in [-0.4, -0.2) is 66.8 Å². The van der Waals surface area contributed by atoms with E-state index in [1.165, 1.54) is 83.5 Å². The monoisotopic (exact) mass is 608 g/mol. The van der Waals surface area contributed by atoms with E-state index in [1.54, 1.807) is 0 Å². The van der Waals surface area contributed by atoms with Gasteiger partial charge in [0.25, 0.3) is 0 Å². The highest BCUT2D eigenvalue weighted by molar-refractivity contribution is 5.75. The molecule has 1 N–H and O–H groups in total. The molecule has 0 rings (SSSR count). The third kappa shape index (κ3) is 28.5. The Morgan fingerprint density at radius 3 is 1.37 bits per heavy atom. The molecule has 0 aromatic heterocycles. The fraction of sp³-hybridized carbons (Fsp3) is 0.861. The summed E-state index contributed by atoms with van der Waals surface area (Å²) in [5, 5.41) is 3.00. The summed E-state index contributed by atoms with van der Waals surface area (Å²) in [5.74, 6) is 2.08. The van der Waals surface area contributed by atoms with E-state index in [9.17, 15) is 14.4 Å². The van der Waals surface area contributed by atoms with Crippen molar-refractivity contribution < 1.29 is 28.3 Å². The summed E-state index contributed by atoms with van der Waals surface area (Å²) >= 11 is 0. The van der Waals surface area contributed by atoms with Gasteiger partial charge in [0, 0.05) is 25.8 Å². The molecular formula is C36H67N2O5+. The minimum atomic E-state index is -0.593. The first-order valence-corrected chi connectivity index (χ1v) is 17.1. The summed E-state index contributed by atoms with van der Waals surface area (Å²) in [7, 11) is 1.86. The average Bonchev–Trinajstić information content (AvgIpc) is 2.86. The van der Waals surface area contributed by atoms with Crippen molar-refractivity contribution in [1.82, 2.24) is 5.32 Å². The molecule has 0 atom stereocenters. The number of hydrogen-bond acceptors (Lipinski definition) is 5. The Kier molecular flexibility index (Phi) is 22.2. The van der Waals surface area contributed by atoms with Crippen LogP contribution in [0.3, 0.4) is 0 Å². The second-order valence-corrected chi connectivity index (χ2v) is 14.5. The number of esters is 2. The SMILES string of the molecule is C#CCCCCCCCCCCCCCCCCCC(=O)NCCC[N+](C)(CC(=O)OC(C)(C)C)CC(=O)OC(C)(C)C. The summed E-state index contributed by atoms with van der Waals surface area (Å²) in [6, 6.07) is 0. The molecule has 0 aliphatic rings. The van der Waals surface area contributed by atoms with Gasteiger partial charge >= 0.3 is 11.9 Å². The lowest BCUT2D eigenvalue weighted by atomic mass is 10.0. The number of amides is 1. The highest BCUT2D eigenvalue weighted by atomic mass is 16.6. The van der Waals surface area contributed by atoms with Crippen molar-refractivity contribution in [2.45, 2.75) is 168 Å². The summed E-state index contributed by atoms with van der Waals surface area (Å²) < 4.78 is 11.2. The first-order valence-electron chi connectivity index (χ1n) is 17.1. The molecule has 1 amide bonds. The standard InChI is InChI=1S/C36H66N2O5/c1-9-10-11-12-13-14-15-16-17-18-19-20-21-22-23-24-25-27-32(39)37-28-26-29-38(8,30-33(40)42-35(2,3)4)31-34(41)43-36(5,6)7/h1H,10-31H2,2-8H3/p+1. The molecule has 7 heteroatoms. The number of nitrogens with one attached hydrogen (secondary N) is 1. The van der Waals surface area contributed by atoms with E-state index >= 15 is 0 Å². The zero-order valence-corrected chi connectivity index (χ0v) is 29.1. The fourth-order valence-electron chi connectivity index (χ4n) is 5.17. The molecule has 250 valence electrons. The maximum atomic E-state index is 12.6. The predicted octanol–water partition coefficient (Wildman–Crippen LogP) is 7.89. The Hall–Kier alpha value is -2.07. The zero-order valence-electron chi connectivity index (χ0n) is 29.1. The van der Waals surface area contributed by atoms with Crippen molar-refractivity contribution in [2.24, 2.45) is 0 Å². The molecule has 0 spiro atoms. The predicted molar refractivity (Wildman–Crippen MR) is 177 cm³/mol. The van der Waals surface area contributed by atoms with Gasteiger partial charge in [0.2, 0.25) is 5.91 Å². The topological polar surface area (TPSA) is 81.7 Å². The molecule has 0 saturated carbocycles. The number of likely N-dealkylation sites (N-methyl/N-ethyl adjacent to an activating group) is 1. The lowest BCUT2D eigenvalue weighted by Crippen LogP contribution is -2.53. The maximum Gasteiger partial charge on any atom is 0.362 e. The molecule has 0 aromatic carbocycles. The average molecular weight is 608 g/mol. The van der Waals surface area contributed by atoms with Crippen LogP contribution in [-0.2, 0) is 23.9 Å². The lowest BCUT2D eigenvalue weighted by molar-refractivity contribution is -0.895. The van der Waals surface area contributed by atoms with Crippen LogP contribution in [0.2, 0.25) is 0 Å². The van der Waals surface area contributed by atoms with Crippen LogP contribution in [0.4, 0.5) is 0 Å². The van der Waals surface area contributed by atoms with Crippen LogP contribution in [0.1, 0.15) is 157 Å². The Labute approximate surface area is 265 Å². The van der Waals surface area contributed by atoms with Crippen LogP contribution in [0.25, 0.3) is 0 Å². The summed E-state index contributed by atoms with van der Waals surface area (Å²) in [4.78, 5) is 37.4. The molecule has 0 aliphatic heterocycles. The number of rotatable bonds is 25. The van der Waals surface area contributed by atoms with E-state index < -0.39 is 11.2 Å². The largest absolute Gasteiger partial charge is 0.456 e. The van der Waals surface area contributed by atoms with E-state index in [1.807, 2.05) is 48.6 Å². The zero-order chi connectivity index (χ0) is 32.6. The van der Waals surface area contributed by atoms with Gasteiger partial charge in [0.05, 0.1) is 13.6 Å². The highest BCUT2D eigenvalue weighted by Crippen LogP contribution is 2.15. The van der Waals surface area contributed by atoms with Gasteiger partial charge in [-0.2, -0.15) is 0 Å². The van der Waals surface area contributed by atoms with Crippen molar-refractivity contribution in [1.29, 1.82) is 0 Å². The van der Waals surface area contributed by atoms with E-state index in [-0.39, 0.29) is 35.4 Å². The minimum Gasteiger partial charge on any atom is -0.456 e. The van der Waals surface area contributed by atoms with Crippen LogP contribution in [0.5, 0.6) is 0 Å². The highest BCUT2D eigenvalue weighted by Gasteiger charge is 2.33.